The van der Waals surface area contributed by atoms with Crippen LogP contribution in [0, 0.1) is 6.92 Å². The van der Waals surface area contributed by atoms with Gasteiger partial charge in [-0.1, -0.05) is 11.6 Å². The zero-order valence-corrected chi connectivity index (χ0v) is 7.01. The zero-order chi connectivity index (χ0) is 8.43. The topological polar surface area (TPSA) is 42.9 Å². The highest BCUT2D eigenvalue weighted by atomic mass is 35.5. The van der Waals surface area contributed by atoms with Gasteiger partial charge in [-0.05, 0) is 6.92 Å². The van der Waals surface area contributed by atoms with E-state index in [1.807, 2.05) is 0 Å². The van der Waals surface area contributed by atoms with Crippen molar-refractivity contribution in [2.24, 2.45) is 0 Å². The van der Waals surface area contributed by atoms with Crippen LogP contribution in [0.25, 0.3) is 0 Å². The van der Waals surface area contributed by atoms with Crippen molar-refractivity contribution >= 4 is 17.4 Å². The number of aromatic nitrogens is 2. The number of hydrogen-bond acceptors (Lipinski definition) is 3. The molecule has 0 bridgehead atoms. The average Bonchev–Trinajstić information content (AvgIpc) is 1.94. The van der Waals surface area contributed by atoms with E-state index in [1.165, 1.54) is 13.3 Å². The first kappa shape index (κ1) is 8.14. The second-order valence-electron chi connectivity index (χ2n) is 2.18. The summed E-state index contributed by atoms with van der Waals surface area (Å²) in [7, 11) is 0. The van der Waals surface area contributed by atoms with Crippen molar-refractivity contribution in [1.82, 2.24) is 9.97 Å². The van der Waals surface area contributed by atoms with Gasteiger partial charge in [-0.3, -0.25) is 4.79 Å². The fourth-order valence-corrected chi connectivity index (χ4v) is 0.934. The Morgan fingerprint density at radius 1 is 1.55 bits per heavy atom. The molecule has 0 aromatic carbocycles. The Hall–Kier alpha value is -0.960. The normalized spacial score (nSPS) is 9.73. The van der Waals surface area contributed by atoms with Gasteiger partial charge in [0.15, 0.2) is 5.78 Å². The Labute approximate surface area is 69.4 Å². The Morgan fingerprint density at radius 2 is 2.18 bits per heavy atom. The lowest BCUT2D eigenvalue weighted by atomic mass is 10.2. The summed E-state index contributed by atoms with van der Waals surface area (Å²) in [4.78, 5) is 18.4. The summed E-state index contributed by atoms with van der Waals surface area (Å²) in [6.45, 7) is 3.16. The van der Waals surface area contributed by atoms with Gasteiger partial charge in [-0.15, -0.1) is 0 Å². The van der Waals surface area contributed by atoms with Gasteiger partial charge in [0.2, 0.25) is 0 Å². The van der Waals surface area contributed by atoms with E-state index in [4.69, 9.17) is 11.6 Å². The van der Waals surface area contributed by atoms with E-state index < -0.39 is 0 Å². The van der Waals surface area contributed by atoms with Crippen molar-refractivity contribution in [2.75, 3.05) is 0 Å². The molecule has 1 aromatic rings. The Balaban J connectivity index is 3.27. The molecule has 0 spiro atoms. The molecule has 0 unspecified atom stereocenters. The van der Waals surface area contributed by atoms with Crippen LogP contribution in [0.5, 0.6) is 0 Å². The van der Waals surface area contributed by atoms with E-state index in [0.717, 1.165) is 0 Å². The van der Waals surface area contributed by atoms with Gasteiger partial charge in [0, 0.05) is 6.92 Å². The predicted molar refractivity (Wildman–Crippen MR) is 41.8 cm³/mol. The molecule has 0 radical (unpaired) electrons. The van der Waals surface area contributed by atoms with Crippen LogP contribution in [0.3, 0.4) is 0 Å². The molecular formula is C7H7ClN2O. The zero-order valence-electron chi connectivity index (χ0n) is 6.26. The Morgan fingerprint density at radius 3 is 2.64 bits per heavy atom. The minimum absolute atomic E-state index is 0.138. The largest absolute Gasteiger partial charge is 0.293 e. The third-order valence-corrected chi connectivity index (χ3v) is 1.75. The summed E-state index contributed by atoms with van der Waals surface area (Å²) in [5, 5.41) is 0.347. The maximum Gasteiger partial charge on any atom is 0.179 e. The molecule has 3 nitrogen and oxygen atoms in total. The number of carbonyl (C=O) groups is 1. The van der Waals surface area contributed by atoms with Gasteiger partial charge in [0.05, 0.1) is 10.7 Å². The molecule has 4 heteroatoms. The smallest absolute Gasteiger partial charge is 0.179 e. The maximum atomic E-state index is 10.8. The predicted octanol–water partition coefficient (Wildman–Crippen LogP) is 1.64. The Kier molecular flexibility index (Phi) is 2.19. The molecule has 0 saturated carbocycles. The number of aryl methyl sites for hydroxylation is 1. The number of carbonyl (C=O) groups excluding carboxylic acids is 1. The van der Waals surface area contributed by atoms with Gasteiger partial charge < -0.3 is 0 Å². The van der Waals surface area contributed by atoms with Gasteiger partial charge in [-0.2, -0.15) is 0 Å². The highest BCUT2D eigenvalue weighted by Gasteiger charge is 2.08. The second-order valence-corrected chi connectivity index (χ2v) is 2.56. The standard InChI is InChI=1S/C7H7ClN2O/c1-4-6(8)7(5(2)11)10-3-9-4/h3H,1-2H3. The first-order chi connectivity index (χ1) is 5.13. The molecule has 0 atom stereocenters. The van der Waals surface area contributed by atoms with Crippen LogP contribution in [0.1, 0.15) is 23.1 Å². The third-order valence-electron chi connectivity index (χ3n) is 1.30. The van der Waals surface area contributed by atoms with E-state index in [-0.39, 0.29) is 5.78 Å². The molecule has 1 heterocycles. The van der Waals surface area contributed by atoms with E-state index in [2.05, 4.69) is 9.97 Å². The molecule has 0 N–H and O–H groups in total. The molecular weight excluding hydrogens is 164 g/mol. The molecule has 0 amide bonds. The summed E-state index contributed by atoms with van der Waals surface area (Å²) in [5.41, 5.74) is 0.922. The van der Waals surface area contributed by atoms with Crippen LogP contribution in [-0.2, 0) is 0 Å². The highest BCUT2D eigenvalue weighted by molar-refractivity contribution is 6.34. The van der Waals surface area contributed by atoms with Crippen LogP contribution in [0.2, 0.25) is 5.02 Å². The second kappa shape index (κ2) is 2.96. The van der Waals surface area contributed by atoms with Crippen LogP contribution < -0.4 is 0 Å². The summed E-state index contributed by atoms with van der Waals surface area (Å²) in [6, 6.07) is 0. The van der Waals surface area contributed by atoms with Crippen LogP contribution in [0.15, 0.2) is 6.33 Å². The average molecular weight is 171 g/mol. The molecule has 0 aliphatic rings. The lowest BCUT2D eigenvalue weighted by Gasteiger charge is -1.99. The summed E-state index contributed by atoms with van der Waals surface area (Å²) < 4.78 is 0. The fourth-order valence-electron chi connectivity index (χ4n) is 0.703. The molecule has 0 aliphatic carbocycles. The fraction of sp³-hybridized carbons (Fsp3) is 0.286. The summed E-state index contributed by atoms with van der Waals surface area (Å²) in [6.07, 6.45) is 1.33. The van der Waals surface area contributed by atoms with E-state index >= 15 is 0 Å². The maximum absolute atomic E-state index is 10.8. The number of halogens is 1. The monoisotopic (exact) mass is 170 g/mol. The van der Waals surface area contributed by atoms with Crippen LogP contribution in [-0.4, -0.2) is 15.8 Å². The molecule has 11 heavy (non-hydrogen) atoms. The first-order valence-electron chi connectivity index (χ1n) is 3.11. The van der Waals surface area contributed by atoms with Gasteiger partial charge >= 0.3 is 0 Å². The van der Waals surface area contributed by atoms with Gasteiger partial charge in [0.25, 0.3) is 0 Å². The lowest BCUT2D eigenvalue weighted by molar-refractivity contribution is 0.101. The quantitative estimate of drug-likeness (QED) is 0.602. The minimum atomic E-state index is -0.138. The van der Waals surface area contributed by atoms with Crippen molar-refractivity contribution in [1.29, 1.82) is 0 Å². The van der Waals surface area contributed by atoms with Crippen molar-refractivity contribution in [3.8, 4) is 0 Å². The minimum Gasteiger partial charge on any atom is -0.293 e. The molecule has 1 aromatic heterocycles. The lowest BCUT2D eigenvalue weighted by Crippen LogP contribution is -2.00. The number of Topliss-reactive ketones (excluding diaryl/α,β-unsaturated/α-hetero) is 1. The number of hydrogen-bond donors (Lipinski definition) is 0. The van der Waals surface area contributed by atoms with Crippen molar-refractivity contribution in [3.05, 3.63) is 22.7 Å². The molecule has 0 fully saturated rings. The third kappa shape index (κ3) is 1.54. The summed E-state index contributed by atoms with van der Waals surface area (Å²) in [5.74, 6) is -0.138. The Bertz CT molecular complexity index is 298. The van der Waals surface area contributed by atoms with E-state index in [9.17, 15) is 4.79 Å². The van der Waals surface area contributed by atoms with Crippen molar-refractivity contribution in [2.45, 2.75) is 13.8 Å². The van der Waals surface area contributed by atoms with Crippen LogP contribution in [0.4, 0.5) is 0 Å². The molecule has 0 aliphatic heterocycles. The SMILES string of the molecule is CC(=O)c1ncnc(C)c1Cl. The number of ketones is 1. The summed E-state index contributed by atoms with van der Waals surface area (Å²) >= 11 is 5.74. The first-order valence-corrected chi connectivity index (χ1v) is 3.48. The van der Waals surface area contributed by atoms with Crippen molar-refractivity contribution in [3.63, 3.8) is 0 Å². The molecule has 1 rings (SSSR count). The number of nitrogens with zero attached hydrogens (tertiary/aromatic N) is 2. The van der Waals surface area contributed by atoms with E-state index in [0.29, 0.717) is 16.4 Å². The van der Waals surface area contributed by atoms with Gasteiger partial charge in [-0.25, -0.2) is 9.97 Å². The molecule has 0 saturated heterocycles. The van der Waals surface area contributed by atoms with Crippen LogP contribution >= 0.6 is 11.6 Å². The number of rotatable bonds is 1. The highest BCUT2D eigenvalue weighted by Crippen LogP contribution is 2.15. The van der Waals surface area contributed by atoms with Gasteiger partial charge in [0.1, 0.15) is 12.0 Å². The van der Waals surface area contributed by atoms with E-state index in [1.54, 1.807) is 6.92 Å². The van der Waals surface area contributed by atoms with Crippen molar-refractivity contribution < 1.29 is 4.79 Å². The molecule has 58 valence electrons.